The molecule has 3 heteroatoms. The van der Waals surface area contributed by atoms with E-state index in [0.717, 1.165) is 32.1 Å². The third kappa shape index (κ3) is 5.50. The van der Waals surface area contributed by atoms with E-state index in [-0.39, 0.29) is 0 Å². The van der Waals surface area contributed by atoms with Crippen molar-refractivity contribution < 1.29 is 4.74 Å². The molecule has 1 aliphatic rings. The Morgan fingerprint density at radius 3 is 2.93 bits per heavy atom. The average Bonchev–Trinajstić information content (AvgIpc) is 2.24. The molecule has 0 aromatic carbocycles. The number of piperidine rings is 1. The molecular weight excluding hydrogens is 188 g/mol. The summed E-state index contributed by atoms with van der Waals surface area (Å²) < 4.78 is 5.40. The van der Waals surface area contributed by atoms with Crippen molar-refractivity contribution in [3.8, 4) is 0 Å². The summed E-state index contributed by atoms with van der Waals surface area (Å²) in [4.78, 5) is 2.50. The van der Waals surface area contributed by atoms with Gasteiger partial charge in [0.2, 0.25) is 0 Å². The lowest BCUT2D eigenvalue weighted by Crippen LogP contribution is -2.42. The Balaban J connectivity index is 2.05. The third-order valence-corrected chi connectivity index (χ3v) is 2.95. The predicted molar refractivity (Wildman–Crippen MR) is 64.2 cm³/mol. The number of hydrogen-bond acceptors (Lipinski definition) is 3. The first-order valence-electron chi connectivity index (χ1n) is 6.18. The van der Waals surface area contributed by atoms with Gasteiger partial charge < -0.3 is 10.1 Å². The molecule has 0 spiro atoms. The molecular formula is C12H26N2O. The standard InChI is InChI=1S/C12H26N2O/c1-11(2)9-13-6-8-14-7-4-5-12(10-14)15-3/h11-13H,4-10H2,1-3H3. The van der Waals surface area contributed by atoms with Crippen LogP contribution >= 0.6 is 0 Å². The van der Waals surface area contributed by atoms with Gasteiger partial charge in [0.1, 0.15) is 0 Å². The first-order valence-corrected chi connectivity index (χ1v) is 6.18. The number of nitrogens with one attached hydrogen (secondary N) is 1. The smallest absolute Gasteiger partial charge is 0.0698 e. The monoisotopic (exact) mass is 214 g/mol. The van der Waals surface area contributed by atoms with Gasteiger partial charge in [0.25, 0.3) is 0 Å². The molecule has 0 saturated carbocycles. The van der Waals surface area contributed by atoms with Gasteiger partial charge in [-0.1, -0.05) is 13.8 Å². The van der Waals surface area contributed by atoms with Crippen LogP contribution in [0.3, 0.4) is 0 Å². The zero-order valence-corrected chi connectivity index (χ0v) is 10.5. The lowest BCUT2D eigenvalue weighted by Gasteiger charge is -2.31. The van der Waals surface area contributed by atoms with Gasteiger partial charge in [0.05, 0.1) is 6.10 Å². The van der Waals surface area contributed by atoms with Crippen LogP contribution in [0.2, 0.25) is 0 Å². The lowest BCUT2D eigenvalue weighted by molar-refractivity contribution is 0.0318. The maximum atomic E-state index is 5.40. The highest BCUT2D eigenvalue weighted by Crippen LogP contribution is 2.11. The van der Waals surface area contributed by atoms with Crippen LogP contribution in [-0.2, 0) is 4.74 Å². The summed E-state index contributed by atoms with van der Waals surface area (Å²) in [5.41, 5.74) is 0. The van der Waals surface area contributed by atoms with E-state index in [4.69, 9.17) is 4.74 Å². The molecule has 1 fully saturated rings. The Morgan fingerprint density at radius 1 is 1.47 bits per heavy atom. The van der Waals surface area contributed by atoms with Gasteiger partial charge in [-0.3, -0.25) is 4.90 Å². The van der Waals surface area contributed by atoms with Crippen molar-refractivity contribution in [2.24, 2.45) is 5.92 Å². The molecule has 90 valence electrons. The van der Waals surface area contributed by atoms with Crippen LogP contribution in [-0.4, -0.2) is 50.8 Å². The summed E-state index contributed by atoms with van der Waals surface area (Å²) >= 11 is 0. The van der Waals surface area contributed by atoms with Crippen LogP contribution in [0.25, 0.3) is 0 Å². The first-order chi connectivity index (χ1) is 7.22. The van der Waals surface area contributed by atoms with E-state index < -0.39 is 0 Å². The molecule has 1 heterocycles. The third-order valence-electron chi connectivity index (χ3n) is 2.95. The molecule has 1 saturated heterocycles. The van der Waals surface area contributed by atoms with Gasteiger partial charge in [0, 0.05) is 26.7 Å². The highest BCUT2D eigenvalue weighted by molar-refractivity contribution is 4.73. The SMILES string of the molecule is COC1CCCN(CCNCC(C)C)C1. The topological polar surface area (TPSA) is 24.5 Å². The number of likely N-dealkylation sites (tertiary alicyclic amines) is 1. The van der Waals surface area contributed by atoms with Crippen molar-refractivity contribution in [2.45, 2.75) is 32.8 Å². The number of rotatable bonds is 6. The molecule has 0 bridgehead atoms. The van der Waals surface area contributed by atoms with Gasteiger partial charge in [-0.2, -0.15) is 0 Å². The molecule has 1 unspecified atom stereocenters. The molecule has 15 heavy (non-hydrogen) atoms. The van der Waals surface area contributed by atoms with Crippen molar-refractivity contribution >= 4 is 0 Å². The maximum Gasteiger partial charge on any atom is 0.0698 e. The Labute approximate surface area is 94.2 Å². The van der Waals surface area contributed by atoms with Gasteiger partial charge in [-0.05, 0) is 31.8 Å². The minimum absolute atomic E-state index is 0.462. The highest BCUT2D eigenvalue weighted by atomic mass is 16.5. The molecule has 0 aromatic rings. The van der Waals surface area contributed by atoms with Crippen LogP contribution in [0.4, 0.5) is 0 Å². The van der Waals surface area contributed by atoms with Crippen molar-refractivity contribution in [2.75, 3.05) is 39.8 Å². The molecule has 0 amide bonds. The Kier molecular flexibility index (Phi) is 6.22. The zero-order chi connectivity index (χ0) is 11.1. The lowest BCUT2D eigenvalue weighted by atomic mass is 10.1. The molecule has 0 aliphatic carbocycles. The summed E-state index contributed by atoms with van der Waals surface area (Å²) in [6.07, 6.45) is 2.97. The molecule has 3 nitrogen and oxygen atoms in total. The van der Waals surface area contributed by atoms with E-state index in [1.54, 1.807) is 0 Å². The fourth-order valence-electron chi connectivity index (χ4n) is 2.04. The molecule has 1 N–H and O–H groups in total. The van der Waals surface area contributed by atoms with Gasteiger partial charge in [-0.15, -0.1) is 0 Å². The van der Waals surface area contributed by atoms with Gasteiger partial charge in [-0.25, -0.2) is 0 Å². The quantitative estimate of drug-likeness (QED) is 0.675. The fourth-order valence-corrected chi connectivity index (χ4v) is 2.04. The van der Waals surface area contributed by atoms with Crippen molar-refractivity contribution in [3.05, 3.63) is 0 Å². The van der Waals surface area contributed by atoms with E-state index in [9.17, 15) is 0 Å². The Bertz CT molecular complexity index is 162. The fraction of sp³-hybridized carbons (Fsp3) is 1.00. The summed E-state index contributed by atoms with van der Waals surface area (Å²) in [5, 5.41) is 3.48. The first kappa shape index (κ1) is 12.9. The molecule has 1 rings (SSSR count). The summed E-state index contributed by atoms with van der Waals surface area (Å²) in [5.74, 6) is 0.748. The van der Waals surface area contributed by atoms with Crippen LogP contribution < -0.4 is 5.32 Å². The van der Waals surface area contributed by atoms with Crippen molar-refractivity contribution in [1.82, 2.24) is 10.2 Å². The van der Waals surface area contributed by atoms with Crippen molar-refractivity contribution in [3.63, 3.8) is 0 Å². The minimum Gasteiger partial charge on any atom is -0.380 e. The summed E-state index contributed by atoms with van der Waals surface area (Å²) in [7, 11) is 1.82. The van der Waals surface area contributed by atoms with E-state index in [0.29, 0.717) is 6.10 Å². The van der Waals surface area contributed by atoms with Crippen LogP contribution in [0.15, 0.2) is 0 Å². The Hall–Kier alpha value is -0.120. The normalized spacial score (nSPS) is 23.6. The highest BCUT2D eigenvalue weighted by Gasteiger charge is 2.18. The van der Waals surface area contributed by atoms with Crippen LogP contribution in [0.1, 0.15) is 26.7 Å². The molecule has 0 radical (unpaired) electrons. The summed E-state index contributed by atoms with van der Waals surface area (Å²) in [6.45, 7) is 10.2. The number of methoxy groups -OCH3 is 1. The van der Waals surface area contributed by atoms with Crippen molar-refractivity contribution in [1.29, 1.82) is 0 Å². The number of nitrogens with zero attached hydrogens (tertiary/aromatic N) is 1. The second-order valence-corrected chi connectivity index (χ2v) is 4.90. The van der Waals surface area contributed by atoms with Gasteiger partial charge in [0.15, 0.2) is 0 Å². The van der Waals surface area contributed by atoms with Crippen LogP contribution in [0, 0.1) is 5.92 Å². The van der Waals surface area contributed by atoms with Gasteiger partial charge >= 0.3 is 0 Å². The summed E-state index contributed by atoms with van der Waals surface area (Å²) in [6, 6.07) is 0. The second-order valence-electron chi connectivity index (χ2n) is 4.90. The predicted octanol–water partition coefficient (Wildman–Crippen LogP) is 1.34. The minimum atomic E-state index is 0.462. The molecule has 1 atom stereocenters. The van der Waals surface area contributed by atoms with Crippen LogP contribution in [0.5, 0.6) is 0 Å². The van der Waals surface area contributed by atoms with E-state index >= 15 is 0 Å². The zero-order valence-electron chi connectivity index (χ0n) is 10.5. The van der Waals surface area contributed by atoms with E-state index in [1.165, 1.54) is 19.4 Å². The number of hydrogen-bond donors (Lipinski definition) is 1. The van der Waals surface area contributed by atoms with E-state index in [1.807, 2.05) is 7.11 Å². The van der Waals surface area contributed by atoms with E-state index in [2.05, 4.69) is 24.1 Å². The number of ether oxygens (including phenoxy) is 1. The average molecular weight is 214 g/mol. The second kappa shape index (κ2) is 7.20. The molecule has 1 aliphatic heterocycles. The Morgan fingerprint density at radius 2 is 2.27 bits per heavy atom. The maximum absolute atomic E-state index is 5.40. The largest absolute Gasteiger partial charge is 0.380 e. The molecule has 0 aromatic heterocycles.